The zero-order valence-electron chi connectivity index (χ0n) is 12.4. The number of rotatable bonds is 5. The van der Waals surface area contributed by atoms with Crippen molar-refractivity contribution in [1.82, 2.24) is 10.6 Å². The summed E-state index contributed by atoms with van der Waals surface area (Å²) in [4.78, 5) is 4.26. The summed E-state index contributed by atoms with van der Waals surface area (Å²) in [7, 11) is 0. The maximum atomic E-state index is 13.0. The first-order valence-corrected chi connectivity index (χ1v) is 7.35. The monoisotopic (exact) mass is 315 g/mol. The molecule has 0 aromatic heterocycles. The predicted molar refractivity (Wildman–Crippen MR) is 79.1 cm³/mol. The SMILES string of the molecule is CCC(CNC1=NCCCN1)Oc1ccccc1C(F)(F)F. The lowest BCUT2D eigenvalue weighted by Crippen LogP contribution is -2.44. The second-order valence-corrected chi connectivity index (χ2v) is 5.03. The Kier molecular flexibility index (Phi) is 5.51. The fourth-order valence-corrected chi connectivity index (χ4v) is 2.11. The fourth-order valence-electron chi connectivity index (χ4n) is 2.11. The van der Waals surface area contributed by atoms with Crippen LogP contribution in [0.5, 0.6) is 5.75 Å². The third-order valence-electron chi connectivity index (χ3n) is 3.34. The summed E-state index contributed by atoms with van der Waals surface area (Å²) in [6.45, 7) is 3.87. The lowest BCUT2D eigenvalue weighted by Gasteiger charge is -2.23. The number of halogens is 3. The molecule has 7 heteroatoms. The second kappa shape index (κ2) is 7.38. The highest BCUT2D eigenvalue weighted by molar-refractivity contribution is 5.80. The van der Waals surface area contributed by atoms with Gasteiger partial charge in [0.05, 0.1) is 12.1 Å². The van der Waals surface area contributed by atoms with E-state index in [4.69, 9.17) is 4.74 Å². The van der Waals surface area contributed by atoms with Gasteiger partial charge in [0.25, 0.3) is 0 Å². The molecule has 1 heterocycles. The Labute approximate surface area is 127 Å². The molecule has 0 bridgehead atoms. The number of hydrogen-bond acceptors (Lipinski definition) is 4. The topological polar surface area (TPSA) is 45.7 Å². The number of hydrogen-bond donors (Lipinski definition) is 2. The van der Waals surface area contributed by atoms with E-state index in [1.807, 2.05) is 6.92 Å². The van der Waals surface area contributed by atoms with E-state index < -0.39 is 11.7 Å². The molecule has 1 aromatic rings. The quantitative estimate of drug-likeness (QED) is 0.878. The molecule has 0 fully saturated rings. The van der Waals surface area contributed by atoms with Crippen LogP contribution >= 0.6 is 0 Å². The van der Waals surface area contributed by atoms with Gasteiger partial charge in [-0.25, -0.2) is 0 Å². The molecule has 2 rings (SSSR count). The highest BCUT2D eigenvalue weighted by Gasteiger charge is 2.34. The lowest BCUT2D eigenvalue weighted by molar-refractivity contribution is -0.139. The van der Waals surface area contributed by atoms with Gasteiger partial charge in [-0.05, 0) is 25.0 Å². The first-order valence-electron chi connectivity index (χ1n) is 7.35. The van der Waals surface area contributed by atoms with Gasteiger partial charge < -0.3 is 15.4 Å². The number of aliphatic imine (C=N–C) groups is 1. The maximum absolute atomic E-state index is 13.0. The number of benzene rings is 1. The molecule has 1 aliphatic rings. The van der Waals surface area contributed by atoms with E-state index in [0.29, 0.717) is 18.9 Å². The van der Waals surface area contributed by atoms with Crippen LogP contribution < -0.4 is 15.4 Å². The number of nitrogens with one attached hydrogen (secondary N) is 2. The summed E-state index contributed by atoms with van der Waals surface area (Å²) >= 11 is 0. The Morgan fingerprint density at radius 3 is 2.77 bits per heavy atom. The van der Waals surface area contributed by atoms with Crippen molar-refractivity contribution in [2.75, 3.05) is 19.6 Å². The molecule has 0 saturated heterocycles. The molecular formula is C15H20F3N3O. The van der Waals surface area contributed by atoms with E-state index in [9.17, 15) is 13.2 Å². The molecule has 0 radical (unpaired) electrons. The normalized spacial score (nSPS) is 16.5. The van der Waals surface area contributed by atoms with Crippen molar-refractivity contribution in [3.05, 3.63) is 29.8 Å². The Bertz CT molecular complexity index is 517. The number of guanidine groups is 1. The Hall–Kier alpha value is -1.92. The number of nitrogens with zero attached hydrogens (tertiary/aromatic N) is 1. The van der Waals surface area contributed by atoms with Crippen molar-refractivity contribution in [2.24, 2.45) is 4.99 Å². The number of ether oxygens (including phenoxy) is 1. The molecule has 0 saturated carbocycles. The van der Waals surface area contributed by atoms with Gasteiger partial charge in [0, 0.05) is 13.1 Å². The molecular weight excluding hydrogens is 295 g/mol. The van der Waals surface area contributed by atoms with Gasteiger partial charge in [-0.1, -0.05) is 19.1 Å². The van der Waals surface area contributed by atoms with Crippen LogP contribution in [0.1, 0.15) is 25.3 Å². The zero-order chi connectivity index (χ0) is 16.0. The molecule has 4 nitrogen and oxygen atoms in total. The largest absolute Gasteiger partial charge is 0.488 e. The summed E-state index contributed by atoms with van der Waals surface area (Å²) in [5.74, 6) is 0.541. The molecule has 0 spiro atoms. The van der Waals surface area contributed by atoms with E-state index in [0.717, 1.165) is 25.6 Å². The summed E-state index contributed by atoms with van der Waals surface area (Å²) in [5, 5.41) is 6.19. The van der Waals surface area contributed by atoms with Crippen LogP contribution in [0.25, 0.3) is 0 Å². The van der Waals surface area contributed by atoms with Gasteiger partial charge in [0.1, 0.15) is 11.9 Å². The number of alkyl halides is 3. The zero-order valence-corrected chi connectivity index (χ0v) is 12.4. The van der Waals surface area contributed by atoms with Gasteiger partial charge >= 0.3 is 6.18 Å². The van der Waals surface area contributed by atoms with E-state index in [2.05, 4.69) is 15.6 Å². The molecule has 22 heavy (non-hydrogen) atoms. The van der Waals surface area contributed by atoms with Gasteiger partial charge in [-0.2, -0.15) is 13.2 Å². The van der Waals surface area contributed by atoms with Gasteiger partial charge in [-0.15, -0.1) is 0 Å². The van der Waals surface area contributed by atoms with Gasteiger partial charge in [0.2, 0.25) is 0 Å². The van der Waals surface area contributed by atoms with Crippen molar-refractivity contribution >= 4 is 5.96 Å². The van der Waals surface area contributed by atoms with E-state index >= 15 is 0 Å². The molecule has 1 aliphatic heterocycles. The number of para-hydroxylation sites is 1. The third-order valence-corrected chi connectivity index (χ3v) is 3.34. The van der Waals surface area contributed by atoms with Crippen LogP contribution in [-0.2, 0) is 6.18 Å². The van der Waals surface area contributed by atoms with E-state index in [-0.39, 0.29) is 11.9 Å². The van der Waals surface area contributed by atoms with Crippen LogP contribution in [0.3, 0.4) is 0 Å². The second-order valence-electron chi connectivity index (χ2n) is 5.03. The average Bonchev–Trinajstić information content (AvgIpc) is 2.52. The summed E-state index contributed by atoms with van der Waals surface area (Å²) in [6.07, 6.45) is -3.21. The Morgan fingerprint density at radius 1 is 1.36 bits per heavy atom. The average molecular weight is 315 g/mol. The molecule has 2 N–H and O–H groups in total. The first kappa shape index (κ1) is 16.5. The van der Waals surface area contributed by atoms with Crippen molar-refractivity contribution < 1.29 is 17.9 Å². The third kappa shape index (κ3) is 4.54. The van der Waals surface area contributed by atoms with Gasteiger partial charge in [-0.3, -0.25) is 4.99 Å². The van der Waals surface area contributed by atoms with Crippen molar-refractivity contribution in [2.45, 2.75) is 32.0 Å². The Balaban J connectivity index is 1.99. The van der Waals surface area contributed by atoms with Crippen molar-refractivity contribution in [3.8, 4) is 5.75 Å². The van der Waals surface area contributed by atoms with Crippen LogP contribution in [0.15, 0.2) is 29.3 Å². The molecule has 1 unspecified atom stereocenters. The molecule has 122 valence electrons. The first-order chi connectivity index (χ1) is 10.5. The minimum atomic E-state index is -4.42. The standard InChI is InChI=1S/C15H20F3N3O/c1-2-11(10-21-14-19-8-5-9-20-14)22-13-7-4-3-6-12(13)15(16,17)18/h3-4,6-7,11H,2,5,8-10H2,1H3,(H2,19,20,21). The van der Waals surface area contributed by atoms with E-state index in [1.54, 1.807) is 0 Å². The maximum Gasteiger partial charge on any atom is 0.419 e. The lowest BCUT2D eigenvalue weighted by atomic mass is 10.2. The summed E-state index contributed by atoms with van der Waals surface area (Å²) < 4.78 is 44.4. The highest BCUT2D eigenvalue weighted by Crippen LogP contribution is 2.36. The van der Waals surface area contributed by atoms with Gasteiger partial charge in [0.15, 0.2) is 5.96 Å². The highest BCUT2D eigenvalue weighted by atomic mass is 19.4. The molecule has 0 amide bonds. The van der Waals surface area contributed by atoms with Crippen molar-refractivity contribution in [1.29, 1.82) is 0 Å². The fraction of sp³-hybridized carbons (Fsp3) is 0.533. The predicted octanol–water partition coefficient (Wildman–Crippen LogP) is 2.80. The summed E-state index contributed by atoms with van der Waals surface area (Å²) in [6, 6.07) is 5.27. The van der Waals surface area contributed by atoms with E-state index in [1.165, 1.54) is 18.2 Å². The smallest absolute Gasteiger partial charge is 0.419 e. The van der Waals surface area contributed by atoms with Crippen LogP contribution in [-0.4, -0.2) is 31.7 Å². The molecule has 0 aliphatic carbocycles. The molecule has 1 aromatic carbocycles. The summed E-state index contributed by atoms with van der Waals surface area (Å²) in [5.41, 5.74) is -0.749. The Morgan fingerprint density at radius 2 is 2.14 bits per heavy atom. The van der Waals surface area contributed by atoms with Crippen LogP contribution in [0, 0.1) is 0 Å². The minimum Gasteiger partial charge on any atom is -0.488 e. The van der Waals surface area contributed by atoms with Crippen LogP contribution in [0.4, 0.5) is 13.2 Å². The van der Waals surface area contributed by atoms with Crippen molar-refractivity contribution in [3.63, 3.8) is 0 Å². The minimum absolute atomic E-state index is 0.137. The van der Waals surface area contributed by atoms with Crippen LogP contribution in [0.2, 0.25) is 0 Å². The molecule has 1 atom stereocenters.